The fourth-order valence-electron chi connectivity index (χ4n) is 1.44. The van der Waals surface area contributed by atoms with Crippen molar-refractivity contribution in [1.29, 1.82) is 0 Å². The van der Waals surface area contributed by atoms with E-state index >= 15 is 0 Å². The van der Waals surface area contributed by atoms with Gasteiger partial charge in [0, 0.05) is 0 Å². The van der Waals surface area contributed by atoms with Crippen LogP contribution in [0, 0.1) is 4.91 Å². The summed E-state index contributed by atoms with van der Waals surface area (Å²) >= 11 is 0. The van der Waals surface area contributed by atoms with Gasteiger partial charge < -0.3 is 6.15 Å². The van der Waals surface area contributed by atoms with Gasteiger partial charge in [-0.15, -0.1) is 0 Å². The van der Waals surface area contributed by atoms with Gasteiger partial charge in [-0.1, -0.05) is 60.7 Å². The van der Waals surface area contributed by atoms with Crippen LogP contribution in [-0.4, -0.2) is 5.09 Å². The summed E-state index contributed by atoms with van der Waals surface area (Å²) in [7, 11) is 0. The highest BCUT2D eigenvalue weighted by Crippen LogP contribution is 2.03. The number of nitrogens with zero attached hydrogens (tertiary/aromatic N) is 1. The molecular weight excluding hydrogens is 244 g/mol. The molecule has 5 nitrogen and oxygen atoms in total. The lowest BCUT2D eigenvalue weighted by Crippen LogP contribution is -2.10. The molecule has 0 unspecified atom stereocenters. The third-order valence-electron chi connectivity index (χ3n) is 2.36. The summed E-state index contributed by atoms with van der Waals surface area (Å²) in [5.41, 5.74) is 1.84. The molecule has 0 aromatic heterocycles. The zero-order valence-electron chi connectivity index (χ0n) is 10.6. The van der Waals surface area contributed by atoms with Crippen LogP contribution >= 0.6 is 0 Å². The quantitative estimate of drug-likeness (QED) is 0.810. The van der Waals surface area contributed by atoms with Crippen molar-refractivity contribution < 1.29 is 14.8 Å². The van der Waals surface area contributed by atoms with E-state index in [1.165, 1.54) is 0 Å². The van der Waals surface area contributed by atoms with Crippen LogP contribution in [-0.2, 0) is 22.9 Å². The Labute approximate surface area is 111 Å². The minimum atomic E-state index is 0. The second-order valence-electron chi connectivity index (χ2n) is 3.74. The number of hydrogen-bond donors (Lipinski definition) is 1. The van der Waals surface area contributed by atoms with Crippen LogP contribution < -0.4 is 6.15 Å². The van der Waals surface area contributed by atoms with Crippen LogP contribution in [0.1, 0.15) is 11.1 Å². The standard InChI is InChI=1S/C14H14NO3.H3N/c16-15(17-11-13-7-3-1-4-8-13)18-12-14-9-5-2-6-10-14;/h1-10H,11-12H2;1H3/q+1;. The van der Waals surface area contributed by atoms with Crippen LogP contribution in [0.15, 0.2) is 60.7 Å². The third kappa shape index (κ3) is 5.18. The normalized spacial score (nSPS) is 9.26. The predicted molar refractivity (Wildman–Crippen MR) is 71.1 cm³/mol. The summed E-state index contributed by atoms with van der Waals surface area (Å²) in [6.07, 6.45) is 0. The fourth-order valence-corrected chi connectivity index (χ4v) is 1.44. The summed E-state index contributed by atoms with van der Waals surface area (Å²) in [5, 5.41) is 0.153. The van der Waals surface area contributed by atoms with Crippen molar-refractivity contribution in [2.45, 2.75) is 13.2 Å². The van der Waals surface area contributed by atoms with Crippen LogP contribution in [0.3, 0.4) is 0 Å². The van der Waals surface area contributed by atoms with Gasteiger partial charge in [0.05, 0.1) is 0 Å². The lowest BCUT2D eigenvalue weighted by molar-refractivity contribution is -0.987. The molecule has 19 heavy (non-hydrogen) atoms. The largest absolute Gasteiger partial charge is 0.478 e. The Bertz CT molecular complexity index is 443. The zero-order chi connectivity index (χ0) is 12.6. The molecular formula is C14H17N2O3+. The van der Waals surface area contributed by atoms with Crippen molar-refractivity contribution >= 4 is 0 Å². The molecule has 0 radical (unpaired) electrons. The summed E-state index contributed by atoms with van der Waals surface area (Å²) in [5.74, 6) is 0. The first-order valence-corrected chi connectivity index (χ1v) is 5.65. The Hall–Kier alpha value is -2.40. The van der Waals surface area contributed by atoms with Gasteiger partial charge in [-0.25, -0.2) is 0 Å². The van der Waals surface area contributed by atoms with Gasteiger partial charge in [-0.3, -0.25) is 0 Å². The highest BCUT2D eigenvalue weighted by Gasteiger charge is 2.12. The first-order valence-electron chi connectivity index (χ1n) is 5.65. The SMILES string of the molecule is N.O=[N+](OCc1ccccc1)OCc1ccccc1. The topological polar surface area (TPSA) is 73.5 Å². The zero-order valence-corrected chi connectivity index (χ0v) is 10.6. The average molecular weight is 261 g/mol. The van der Waals surface area contributed by atoms with Crippen molar-refractivity contribution in [1.82, 2.24) is 6.15 Å². The Morgan fingerprint density at radius 3 is 1.47 bits per heavy atom. The Morgan fingerprint density at radius 1 is 0.737 bits per heavy atom. The Morgan fingerprint density at radius 2 is 1.11 bits per heavy atom. The molecule has 2 aromatic rings. The molecule has 0 saturated carbocycles. The van der Waals surface area contributed by atoms with E-state index in [4.69, 9.17) is 9.68 Å². The van der Waals surface area contributed by atoms with E-state index in [9.17, 15) is 4.91 Å². The van der Waals surface area contributed by atoms with Gasteiger partial charge >= 0.3 is 5.09 Å². The summed E-state index contributed by atoms with van der Waals surface area (Å²) in [4.78, 5) is 21.1. The minimum Gasteiger partial charge on any atom is -0.344 e. The molecule has 0 aliphatic heterocycles. The van der Waals surface area contributed by atoms with Crippen LogP contribution in [0.2, 0.25) is 0 Å². The molecule has 0 spiro atoms. The molecule has 0 saturated heterocycles. The second-order valence-corrected chi connectivity index (χ2v) is 3.74. The molecule has 0 heterocycles. The van der Waals surface area contributed by atoms with E-state index in [-0.39, 0.29) is 24.5 Å². The fraction of sp³-hybridized carbons (Fsp3) is 0.143. The van der Waals surface area contributed by atoms with Crippen LogP contribution in [0.5, 0.6) is 0 Å². The summed E-state index contributed by atoms with van der Waals surface area (Å²) in [6, 6.07) is 18.9. The smallest absolute Gasteiger partial charge is 0.344 e. The molecule has 0 aliphatic rings. The molecule has 0 fully saturated rings. The highest BCUT2D eigenvalue weighted by atomic mass is 17.0. The van der Waals surface area contributed by atoms with Crippen molar-refractivity contribution in [2.75, 3.05) is 0 Å². The van der Waals surface area contributed by atoms with Gasteiger partial charge in [-0.05, 0) is 11.1 Å². The van der Waals surface area contributed by atoms with Gasteiger partial charge in [0.25, 0.3) is 0 Å². The summed E-state index contributed by atoms with van der Waals surface area (Å²) in [6.45, 7) is 0.387. The molecule has 3 N–H and O–H groups in total. The van der Waals surface area contributed by atoms with Crippen molar-refractivity contribution in [3.05, 3.63) is 76.7 Å². The molecule has 100 valence electrons. The average Bonchev–Trinajstić information content (AvgIpc) is 2.45. The Kier molecular flexibility index (Phi) is 6.05. The molecule has 0 aliphatic carbocycles. The first-order chi connectivity index (χ1) is 8.84. The van der Waals surface area contributed by atoms with Gasteiger partial charge in [0.15, 0.2) is 13.2 Å². The van der Waals surface area contributed by atoms with E-state index in [1.807, 2.05) is 60.7 Å². The summed E-state index contributed by atoms with van der Waals surface area (Å²) < 4.78 is 0. The van der Waals surface area contributed by atoms with Gasteiger partial charge in [0.2, 0.25) is 0 Å². The van der Waals surface area contributed by atoms with E-state index < -0.39 is 0 Å². The number of rotatable bonds is 6. The van der Waals surface area contributed by atoms with Crippen molar-refractivity contribution in [2.24, 2.45) is 0 Å². The van der Waals surface area contributed by atoms with Crippen LogP contribution in [0.25, 0.3) is 0 Å². The molecule has 0 bridgehead atoms. The van der Waals surface area contributed by atoms with E-state index in [0.29, 0.717) is 0 Å². The molecule has 0 atom stereocenters. The lowest BCUT2D eigenvalue weighted by atomic mass is 10.2. The van der Waals surface area contributed by atoms with E-state index in [1.54, 1.807) is 0 Å². The third-order valence-corrected chi connectivity index (χ3v) is 2.36. The maximum atomic E-state index is 11.3. The minimum absolute atomic E-state index is 0. The predicted octanol–water partition coefficient (Wildman–Crippen LogP) is 3.19. The first kappa shape index (κ1) is 14.7. The monoisotopic (exact) mass is 261 g/mol. The maximum absolute atomic E-state index is 11.3. The highest BCUT2D eigenvalue weighted by molar-refractivity contribution is 5.13. The van der Waals surface area contributed by atoms with Crippen molar-refractivity contribution in [3.8, 4) is 0 Å². The van der Waals surface area contributed by atoms with E-state index in [2.05, 4.69) is 0 Å². The number of hydrogen-bond acceptors (Lipinski definition) is 4. The second kappa shape index (κ2) is 7.84. The molecule has 5 heteroatoms. The van der Waals surface area contributed by atoms with Gasteiger partial charge in [0.1, 0.15) is 4.91 Å². The Balaban J connectivity index is 0.00000180. The molecule has 0 amide bonds. The maximum Gasteiger partial charge on any atom is 0.478 e. The van der Waals surface area contributed by atoms with Crippen molar-refractivity contribution in [3.63, 3.8) is 0 Å². The lowest BCUT2D eigenvalue weighted by Gasteiger charge is -1.96. The number of benzene rings is 2. The van der Waals surface area contributed by atoms with E-state index in [0.717, 1.165) is 11.1 Å². The molecule has 2 aromatic carbocycles. The van der Waals surface area contributed by atoms with Gasteiger partial charge in [-0.2, -0.15) is 9.68 Å². The van der Waals surface area contributed by atoms with Crippen LogP contribution in [0.4, 0.5) is 0 Å². The molecule has 2 rings (SSSR count).